The summed E-state index contributed by atoms with van der Waals surface area (Å²) in [6.07, 6.45) is 0.324. The second-order valence-electron chi connectivity index (χ2n) is 5.69. The molecule has 0 aromatic heterocycles. The monoisotopic (exact) mass is 317 g/mol. The highest BCUT2D eigenvalue weighted by Crippen LogP contribution is 2.40. The van der Waals surface area contributed by atoms with Crippen molar-refractivity contribution >= 4 is 12.4 Å². The maximum absolute atomic E-state index is 6.06. The first-order valence-electron chi connectivity index (χ1n) is 7.46. The Morgan fingerprint density at radius 1 is 1.05 bits per heavy atom. The van der Waals surface area contributed by atoms with Crippen molar-refractivity contribution in [1.29, 1.82) is 0 Å². The molecule has 1 N–H and O–H groups in total. The van der Waals surface area contributed by atoms with Gasteiger partial charge in [0.1, 0.15) is 5.75 Å². The van der Waals surface area contributed by atoms with E-state index in [9.17, 15) is 0 Å². The van der Waals surface area contributed by atoms with Crippen molar-refractivity contribution in [3.63, 3.8) is 0 Å². The predicted octanol–water partition coefficient (Wildman–Crippen LogP) is 3.37. The van der Waals surface area contributed by atoms with E-state index >= 15 is 0 Å². The van der Waals surface area contributed by atoms with Crippen molar-refractivity contribution < 1.29 is 9.47 Å². The fourth-order valence-electron chi connectivity index (χ4n) is 3.56. The molecule has 0 bridgehead atoms. The van der Waals surface area contributed by atoms with Crippen LogP contribution in [0.3, 0.4) is 0 Å². The average Bonchev–Trinajstić information content (AvgIpc) is 3.03. The van der Waals surface area contributed by atoms with E-state index in [1.807, 2.05) is 12.1 Å². The number of hydrogen-bond acceptors (Lipinski definition) is 3. The topological polar surface area (TPSA) is 30.5 Å². The molecule has 0 spiro atoms. The van der Waals surface area contributed by atoms with Crippen molar-refractivity contribution in [2.24, 2.45) is 0 Å². The Bertz CT molecular complexity index is 674. The molecule has 2 atom stereocenters. The molecule has 0 unspecified atom stereocenters. The van der Waals surface area contributed by atoms with E-state index in [-0.39, 0.29) is 12.4 Å². The van der Waals surface area contributed by atoms with Gasteiger partial charge in [-0.25, -0.2) is 0 Å². The molecule has 2 heterocycles. The van der Waals surface area contributed by atoms with Gasteiger partial charge in [-0.2, -0.15) is 0 Å². The van der Waals surface area contributed by atoms with Crippen LogP contribution >= 0.6 is 12.4 Å². The summed E-state index contributed by atoms with van der Waals surface area (Å²) < 4.78 is 11.6. The lowest BCUT2D eigenvalue weighted by atomic mass is 9.85. The Hall–Kier alpha value is -1.55. The molecule has 1 fully saturated rings. The van der Waals surface area contributed by atoms with Gasteiger partial charge in [0.05, 0.1) is 19.8 Å². The van der Waals surface area contributed by atoms with Crippen LogP contribution in [-0.2, 0) is 11.3 Å². The Morgan fingerprint density at radius 3 is 2.73 bits per heavy atom. The van der Waals surface area contributed by atoms with Gasteiger partial charge in [0.2, 0.25) is 0 Å². The zero-order valence-corrected chi connectivity index (χ0v) is 13.4. The zero-order valence-electron chi connectivity index (χ0n) is 12.5. The summed E-state index contributed by atoms with van der Waals surface area (Å²) in [5, 5.41) is 3.44. The van der Waals surface area contributed by atoms with Gasteiger partial charge in [0, 0.05) is 24.6 Å². The van der Waals surface area contributed by atoms with Crippen LogP contribution in [0.5, 0.6) is 5.75 Å². The van der Waals surface area contributed by atoms with Crippen molar-refractivity contribution in [3.8, 4) is 16.9 Å². The van der Waals surface area contributed by atoms with E-state index in [2.05, 4.69) is 35.6 Å². The van der Waals surface area contributed by atoms with E-state index in [0.29, 0.717) is 18.6 Å². The smallest absolute Gasteiger partial charge is 0.126 e. The first-order chi connectivity index (χ1) is 10.4. The first-order valence-corrected chi connectivity index (χ1v) is 7.46. The number of benzene rings is 2. The molecule has 0 amide bonds. The van der Waals surface area contributed by atoms with Crippen LogP contribution in [0.25, 0.3) is 11.1 Å². The second-order valence-corrected chi connectivity index (χ2v) is 5.69. The summed E-state index contributed by atoms with van der Waals surface area (Å²) in [5.74, 6) is 1.39. The first kappa shape index (κ1) is 15.3. The van der Waals surface area contributed by atoms with Crippen LogP contribution in [-0.4, -0.2) is 26.3 Å². The number of nitrogens with one attached hydrogen (secondary N) is 1. The van der Waals surface area contributed by atoms with Crippen molar-refractivity contribution in [1.82, 2.24) is 5.32 Å². The molecule has 2 aliphatic heterocycles. The van der Waals surface area contributed by atoms with Crippen LogP contribution in [0.15, 0.2) is 42.5 Å². The van der Waals surface area contributed by atoms with Crippen LogP contribution < -0.4 is 10.1 Å². The fraction of sp³-hybridized carbons (Fsp3) is 0.333. The molecule has 116 valence electrons. The molecular weight excluding hydrogens is 298 g/mol. The summed E-state index contributed by atoms with van der Waals surface area (Å²) >= 11 is 0. The Labute approximate surface area is 137 Å². The lowest BCUT2D eigenvalue weighted by Gasteiger charge is -2.29. The van der Waals surface area contributed by atoms with Crippen LogP contribution in [0, 0.1) is 0 Å². The predicted molar refractivity (Wildman–Crippen MR) is 89.9 cm³/mol. The fourth-order valence-corrected chi connectivity index (χ4v) is 3.56. The largest absolute Gasteiger partial charge is 0.496 e. The van der Waals surface area contributed by atoms with Crippen LogP contribution in [0.1, 0.15) is 17.0 Å². The molecule has 3 nitrogen and oxygen atoms in total. The third-order valence-corrected chi connectivity index (χ3v) is 4.61. The van der Waals surface area contributed by atoms with E-state index in [1.165, 1.54) is 16.7 Å². The summed E-state index contributed by atoms with van der Waals surface area (Å²) in [5.41, 5.74) is 5.12. The molecule has 2 aromatic rings. The van der Waals surface area contributed by atoms with Gasteiger partial charge in [0.15, 0.2) is 0 Å². The highest BCUT2D eigenvalue weighted by molar-refractivity contribution is 5.85. The van der Waals surface area contributed by atoms with Gasteiger partial charge in [-0.05, 0) is 22.8 Å². The summed E-state index contributed by atoms with van der Waals surface area (Å²) in [6.45, 7) is 2.66. The van der Waals surface area contributed by atoms with Gasteiger partial charge >= 0.3 is 0 Å². The lowest BCUT2D eigenvalue weighted by Crippen LogP contribution is -2.27. The quantitative estimate of drug-likeness (QED) is 0.921. The van der Waals surface area contributed by atoms with E-state index < -0.39 is 0 Å². The zero-order chi connectivity index (χ0) is 14.2. The Kier molecular flexibility index (Phi) is 4.39. The minimum Gasteiger partial charge on any atom is -0.496 e. The third kappa shape index (κ3) is 2.39. The number of methoxy groups -OCH3 is 1. The average molecular weight is 318 g/mol. The standard InChI is InChI=1S/C18H19NO2.ClH/c1-20-17-8-3-2-5-14(17)12-6-4-7-13-15-9-19-10-18(15)21-11-16(12)13;/h2-8,15,18-19H,9-11H2,1H3;1H/t15-,18-;/m1./s1. The molecule has 4 rings (SSSR count). The van der Waals surface area contributed by atoms with Crippen molar-refractivity contribution in [2.45, 2.75) is 18.6 Å². The van der Waals surface area contributed by atoms with Gasteiger partial charge in [0.25, 0.3) is 0 Å². The normalized spacial score (nSPS) is 22.4. The second kappa shape index (κ2) is 6.29. The Morgan fingerprint density at radius 2 is 1.86 bits per heavy atom. The molecular formula is C18H20ClNO2. The molecule has 22 heavy (non-hydrogen) atoms. The number of rotatable bonds is 2. The number of para-hydroxylation sites is 1. The molecule has 0 saturated carbocycles. The van der Waals surface area contributed by atoms with E-state index in [1.54, 1.807) is 7.11 Å². The third-order valence-electron chi connectivity index (χ3n) is 4.61. The summed E-state index contributed by atoms with van der Waals surface area (Å²) in [6, 6.07) is 14.8. The van der Waals surface area contributed by atoms with Gasteiger partial charge in [-0.3, -0.25) is 0 Å². The maximum atomic E-state index is 6.06. The summed E-state index contributed by atoms with van der Waals surface area (Å²) in [7, 11) is 1.72. The summed E-state index contributed by atoms with van der Waals surface area (Å²) in [4.78, 5) is 0. The molecule has 1 saturated heterocycles. The van der Waals surface area contributed by atoms with Gasteiger partial charge in [-0.15, -0.1) is 12.4 Å². The van der Waals surface area contributed by atoms with E-state index in [0.717, 1.165) is 24.4 Å². The highest BCUT2D eigenvalue weighted by atomic mass is 35.5. The SMILES string of the molecule is COc1ccccc1-c1cccc2c1CO[C@@H]1CNC[C@H]21.Cl. The van der Waals surface area contributed by atoms with Crippen molar-refractivity contribution in [2.75, 3.05) is 20.2 Å². The van der Waals surface area contributed by atoms with Crippen molar-refractivity contribution in [3.05, 3.63) is 53.6 Å². The number of hydrogen-bond donors (Lipinski definition) is 1. The molecule has 4 heteroatoms. The number of fused-ring (bicyclic) bond motifs is 3. The number of halogens is 1. The van der Waals surface area contributed by atoms with E-state index in [4.69, 9.17) is 9.47 Å². The minimum absolute atomic E-state index is 0. The van der Waals surface area contributed by atoms with Crippen LogP contribution in [0.2, 0.25) is 0 Å². The minimum atomic E-state index is 0. The number of ether oxygens (including phenoxy) is 2. The molecule has 0 radical (unpaired) electrons. The highest BCUT2D eigenvalue weighted by Gasteiger charge is 2.35. The van der Waals surface area contributed by atoms with Crippen LogP contribution in [0.4, 0.5) is 0 Å². The molecule has 0 aliphatic carbocycles. The van der Waals surface area contributed by atoms with Gasteiger partial charge < -0.3 is 14.8 Å². The Balaban J connectivity index is 0.00000144. The maximum Gasteiger partial charge on any atom is 0.126 e. The van der Waals surface area contributed by atoms with Gasteiger partial charge in [-0.1, -0.05) is 36.4 Å². The molecule has 2 aliphatic rings. The molecule has 2 aromatic carbocycles. The lowest BCUT2D eigenvalue weighted by molar-refractivity contribution is 0.0302.